The summed E-state index contributed by atoms with van der Waals surface area (Å²) in [5, 5.41) is 0.752. The Morgan fingerprint density at radius 3 is 1.91 bits per heavy atom. The van der Waals surface area contributed by atoms with Gasteiger partial charge < -0.3 is 9.64 Å². The first-order valence-corrected chi connectivity index (χ1v) is 12.1. The summed E-state index contributed by atoms with van der Waals surface area (Å²) in [5.74, 6) is 0. The summed E-state index contributed by atoms with van der Waals surface area (Å²) in [4.78, 5) is 5.12. The third-order valence-corrected chi connectivity index (χ3v) is 6.47. The Labute approximate surface area is 197 Å². The van der Waals surface area contributed by atoms with Crippen LogP contribution in [0.2, 0.25) is 5.02 Å². The fourth-order valence-electron chi connectivity index (χ4n) is 4.34. The number of benzene rings is 3. The number of hydrogen-bond donors (Lipinski definition) is 0. The van der Waals surface area contributed by atoms with Gasteiger partial charge in [0.2, 0.25) is 0 Å². The van der Waals surface area contributed by atoms with Crippen LogP contribution >= 0.6 is 11.6 Å². The zero-order chi connectivity index (χ0) is 22.0. The summed E-state index contributed by atoms with van der Waals surface area (Å²) in [6.07, 6.45) is 2.33. The smallest absolute Gasteiger partial charge is 0.108 e. The van der Waals surface area contributed by atoms with E-state index in [0.717, 1.165) is 49.9 Å². The predicted octanol–water partition coefficient (Wildman–Crippen LogP) is 5.70. The van der Waals surface area contributed by atoms with Gasteiger partial charge in [0.25, 0.3) is 0 Å². The summed E-state index contributed by atoms with van der Waals surface area (Å²) >= 11 is 6.09. The maximum absolute atomic E-state index is 6.40. The Morgan fingerprint density at radius 1 is 0.688 bits per heavy atom. The second kappa shape index (κ2) is 12.2. The Hall–Kier alpha value is -2.17. The van der Waals surface area contributed by atoms with Gasteiger partial charge in [-0.2, -0.15) is 0 Å². The average molecular weight is 449 g/mol. The van der Waals surface area contributed by atoms with E-state index >= 15 is 0 Å². The molecule has 1 heterocycles. The summed E-state index contributed by atoms with van der Waals surface area (Å²) in [6, 6.07) is 29.2. The van der Waals surface area contributed by atoms with Gasteiger partial charge in [-0.05, 0) is 48.2 Å². The van der Waals surface area contributed by atoms with Gasteiger partial charge in [-0.15, -0.1) is 0 Å². The summed E-state index contributed by atoms with van der Waals surface area (Å²) in [5.41, 5.74) is 3.76. The van der Waals surface area contributed by atoms with Crippen molar-refractivity contribution in [3.63, 3.8) is 0 Å². The lowest BCUT2D eigenvalue weighted by atomic mass is 10.0. The standard InChI is InChI=1S/C28H33ClN2O/c29-27-15-13-26(14-16-27)28(25-11-5-2-6-12-25)32-23-22-31-20-18-30(19-21-31)17-7-10-24-8-3-1-4-9-24/h1-6,8-9,11-16,28H,7,10,17-23H2. The van der Waals surface area contributed by atoms with Crippen molar-refractivity contribution >= 4 is 11.6 Å². The molecule has 1 aliphatic rings. The van der Waals surface area contributed by atoms with E-state index in [-0.39, 0.29) is 6.10 Å². The third-order valence-electron chi connectivity index (χ3n) is 6.21. The molecule has 168 valence electrons. The van der Waals surface area contributed by atoms with Gasteiger partial charge in [-0.25, -0.2) is 0 Å². The molecule has 0 radical (unpaired) electrons. The lowest BCUT2D eigenvalue weighted by Crippen LogP contribution is -2.47. The van der Waals surface area contributed by atoms with Gasteiger partial charge in [-0.3, -0.25) is 4.90 Å². The lowest BCUT2D eigenvalue weighted by molar-refractivity contribution is 0.0451. The number of nitrogens with zero attached hydrogens (tertiary/aromatic N) is 2. The second-order valence-corrected chi connectivity index (χ2v) is 8.92. The Balaban J connectivity index is 1.21. The molecular weight excluding hydrogens is 416 g/mol. The van der Waals surface area contributed by atoms with Gasteiger partial charge in [0.15, 0.2) is 0 Å². The van der Waals surface area contributed by atoms with Crippen LogP contribution in [0.15, 0.2) is 84.9 Å². The van der Waals surface area contributed by atoms with Gasteiger partial charge in [0, 0.05) is 37.7 Å². The number of aryl methyl sites for hydroxylation is 1. The van der Waals surface area contributed by atoms with Crippen molar-refractivity contribution in [1.82, 2.24) is 9.80 Å². The molecule has 32 heavy (non-hydrogen) atoms. The number of rotatable bonds is 10. The van der Waals surface area contributed by atoms with Crippen LogP contribution in [0, 0.1) is 0 Å². The Morgan fingerprint density at radius 2 is 1.25 bits per heavy atom. The maximum Gasteiger partial charge on any atom is 0.108 e. The molecule has 4 rings (SSSR count). The highest BCUT2D eigenvalue weighted by molar-refractivity contribution is 6.30. The van der Waals surface area contributed by atoms with E-state index in [4.69, 9.17) is 16.3 Å². The first-order valence-electron chi connectivity index (χ1n) is 11.7. The van der Waals surface area contributed by atoms with Crippen LogP contribution in [-0.4, -0.2) is 55.7 Å². The average Bonchev–Trinajstić information content (AvgIpc) is 2.85. The fraction of sp³-hybridized carbons (Fsp3) is 0.357. The second-order valence-electron chi connectivity index (χ2n) is 8.49. The van der Waals surface area contributed by atoms with Gasteiger partial charge in [0.1, 0.15) is 6.10 Å². The quantitative estimate of drug-likeness (QED) is 0.396. The van der Waals surface area contributed by atoms with Crippen LogP contribution in [0.5, 0.6) is 0 Å². The molecule has 4 heteroatoms. The molecule has 1 unspecified atom stereocenters. The lowest BCUT2D eigenvalue weighted by Gasteiger charge is -2.35. The highest BCUT2D eigenvalue weighted by Crippen LogP contribution is 2.27. The fourth-order valence-corrected chi connectivity index (χ4v) is 4.46. The van der Waals surface area contributed by atoms with E-state index in [9.17, 15) is 0 Å². The Bertz CT molecular complexity index is 909. The van der Waals surface area contributed by atoms with Crippen LogP contribution in [0.1, 0.15) is 29.2 Å². The van der Waals surface area contributed by atoms with E-state index in [2.05, 4.69) is 76.5 Å². The molecular formula is C28H33ClN2O. The highest BCUT2D eigenvalue weighted by atomic mass is 35.5. The summed E-state index contributed by atoms with van der Waals surface area (Å²) in [6.45, 7) is 7.40. The maximum atomic E-state index is 6.40. The zero-order valence-electron chi connectivity index (χ0n) is 18.7. The van der Waals surface area contributed by atoms with Crippen molar-refractivity contribution in [2.45, 2.75) is 18.9 Å². The molecule has 1 fully saturated rings. The molecule has 1 saturated heterocycles. The molecule has 3 nitrogen and oxygen atoms in total. The first kappa shape index (κ1) is 23.0. The van der Waals surface area contributed by atoms with E-state index < -0.39 is 0 Å². The van der Waals surface area contributed by atoms with Gasteiger partial charge in [0.05, 0.1) is 6.61 Å². The minimum atomic E-state index is -0.0623. The van der Waals surface area contributed by atoms with Crippen LogP contribution < -0.4 is 0 Å². The van der Waals surface area contributed by atoms with Crippen molar-refractivity contribution < 1.29 is 4.74 Å². The van der Waals surface area contributed by atoms with Crippen LogP contribution in [0.4, 0.5) is 0 Å². The predicted molar refractivity (Wildman–Crippen MR) is 133 cm³/mol. The number of ether oxygens (including phenoxy) is 1. The summed E-state index contributed by atoms with van der Waals surface area (Å²) in [7, 11) is 0. The molecule has 0 bridgehead atoms. The molecule has 0 spiro atoms. The topological polar surface area (TPSA) is 15.7 Å². The van der Waals surface area contributed by atoms with E-state index in [1.165, 1.54) is 30.5 Å². The van der Waals surface area contributed by atoms with Gasteiger partial charge >= 0.3 is 0 Å². The number of piperazine rings is 1. The molecule has 0 aromatic heterocycles. The zero-order valence-corrected chi connectivity index (χ0v) is 19.5. The van der Waals surface area contributed by atoms with E-state index in [1.54, 1.807) is 0 Å². The van der Waals surface area contributed by atoms with Crippen molar-refractivity contribution in [2.24, 2.45) is 0 Å². The number of hydrogen-bond acceptors (Lipinski definition) is 3. The third kappa shape index (κ3) is 6.91. The van der Waals surface area contributed by atoms with Crippen LogP contribution in [-0.2, 0) is 11.2 Å². The van der Waals surface area contributed by atoms with Crippen LogP contribution in [0.3, 0.4) is 0 Å². The molecule has 0 N–H and O–H groups in total. The molecule has 1 aliphatic heterocycles. The van der Waals surface area contributed by atoms with Crippen LogP contribution in [0.25, 0.3) is 0 Å². The molecule has 0 amide bonds. The first-order chi connectivity index (χ1) is 15.8. The van der Waals surface area contributed by atoms with Crippen molar-refractivity contribution in [1.29, 1.82) is 0 Å². The molecule has 1 atom stereocenters. The van der Waals surface area contributed by atoms with Crippen molar-refractivity contribution in [2.75, 3.05) is 45.9 Å². The van der Waals surface area contributed by atoms with Crippen molar-refractivity contribution in [3.8, 4) is 0 Å². The molecule has 0 saturated carbocycles. The number of halogens is 1. The SMILES string of the molecule is Clc1ccc(C(OCCN2CCN(CCCc3ccccc3)CC2)c2ccccc2)cc1. The van der Waals surface area contributed by atoms with Crippen molar-refractivity contribution in [3.05, 3.63) is 107 Å². The largest absolute Gasteiger partial charge is 0.367 e. The normalized spacial score (nSPS) is 16.2. The minimum Gasteiger partial charge on any atom is -0.367 e. The highest BCUT2D eigenvalue weighted by Gasteiger charge is 2.18. The molecule has 3 aromatic rings. The van der Waals surface area contributed by atoms with E-state index in [1.807, 2.05) is 18.2 Å². The Kier molecular flexibility index (Phi) is 8.75. The van der Waals surface area contributed by atoms with Gasteiger partial charge in [-0.1, -0.05) is 84.4 Å². The minimum absolute atomic E-state index is 0.0623. The van der Waals surface area contributed by atoms with E-state index in [0.29, 0.717) is 0 Å². The molecule has 0 aliphatic carbocycles. The molecule has 3 aromatic carbocycles. The summed E-state index contributed by atoms with van der Waals surface area (Å²) < 4.78 is 6.40. The monoisotopic (exact) mass is 448 g/mol.